The third-order valence-corrected chi connectivity index (χ3v) is 11.7. The predicted molar refractivity (Wildman–Crippen MR) is 230 cm³/mol. The molecule has 7 aromatic carbocycles. The lowest BCUT2D eigenvalue weighted by Crippen LogP contribution is -2.00. The van der Waals surface area contributed by atoms with Crippen molar-refractivity contribution in [3.05, 3.63) is 164 Å². The summed E-state index contributed by atoms with van der Waals surface area (Å²) in [5, 5.41) is 5.23. The summed E-state index contributed by atoms with van der Waals surface area (Å²) < 4.78 is 15.1. The van der Waals surface area contributed by atoms with Gasteiger partial charge in [0.1, 0.15) is 28.0 Å². The van der Waals surface area contributed by atoms with E-state index in [2.05, 4.69) is 66.7 Å². The topological polar surface area (TPSA) is 90.7 Å². The number of para-hydroxylation sites is 3. The molecule has 0 amide bonds. The number of aromatic nitrogens is 5. The zero-order valence-corrected chi connectivity index (χ0v) is 30.9. The van der Waals surface area contributed by atoms with Crippen LogP contribution in [-0.2, 0) is 0 Å². The maximum atomic E-state index is 6.45. The number of furan rings is 2. The van der Waals surface area contributed by atoms with Crippen molar-refractivity contribution in [2.24, 2.45) is 0 Å². The van der Waals surface area contributed by atoms with E-state index in [9.17, 15) is 0 Å². The predicted octanol–water partition coefficient (Wildman–Crippen LogP) is 13.2. The molecule has 12 rings (SSSR count). The number of nitrogens with zero attached hydrogens (tertiary/aromatic N) is 5. The largest absolute Gasteiger partial charge is 0.455 e. The Morgan fingerprint density at radius 2 is 0.982 bits per heavy atom. The Morgan fingerprint density at radius 1 is 0.368 bits per heavy atom. The summed E-state index contributed by atoms with van der Waals surface area (Å²) in [5.41, 5.74) is 9.16. The van der Waals surface area contributed by atoms with Gasteiger partial charge in [0.25, 0.3) is 0 Å². The van der Waals surface area contributed by atoms with E-state index in [4.69, 9.17) is 33.8 Å². The summed E-state index contributed by atoms with van der Waals surface area (Å²) in [6, 6.07) is 55.3. The SMILES string of the molecule is c1ccc(-c2nc(-c3cccc4c3oc3ccccc34)nc(-c3cccc4sc5cc(-c6nc(-c7ccccc7)c7oc8ccccc8c7n6)ccc5c34)n2)cc1. The molecule has 5 aromatic heterocycles. The van der Waals surface area contributed by atoms with Gasteiger partial charge in [-0.15, -0.1) is 11.3 Å². The van der Waals surface area contributed by atoms with Crippen molar-refractivity contribution < 1.29 is 8.83 Å². The Labute approximate surface area is 328 Å². The Bertz CT molecular complexity index is 3540. The second-order valence-electron chi connectivity index (χ2n) is 14.0. The van der Waals surface area contributed by atoms with Gasteiger partial charge in [0, 0.05) is 58.6 Å². The minimum atomic E-state index is 0.552. The molecule has 266 valence electrons. The Balaban J connectivity index is 1.05. The molecule has 12 aromatic rings. The molecule has 0 bridgehead atoms. The third-order valence-electron chi connectivity index (χ3n) is 10.6. The normalized spacial score (nSPS) is 11.9. The number of thiophene rings is 1. The molecule has 5 heterocycles. The van der Waals surface area contributed by atoms with Crippen LogP contribution in [-0.4, -0.2) is 24.9 Å². The Morgan fingerprint density at radius 3 is 1.81 bits per heavy atom. The van der Waals surface area contributed by atoms with Crippen LogP contribution in [0, 0.1) is 0 Å². The lowest BCUT2D eigenvalue weighted by atomic mass is 10.0. The highest BCUT2D eigenvalue weighted by Crippen LogP contribution is 2.43. The molecule has 0 aliphatic carbocycles. The molecular weight excluding hydrogens is 723 g/mol. The van der Waals surface area contributed by atoms with Crippen molar-refractivity contribution >= 4 is 75.5 Å². The Hall–Kier alpha value is -7.55. The van der Waals surface area contributed by atoms with E-state index >= 15 is 0 Å². The number of hydrogen-bond donors (Lipinski definition) is 0. The second-order valence-corrected chi connectivity index (χ2v) is 15.1. The quantitative estimate of drug-likeness (QED) is 0.173. The zero-order chi connectivity index (χ0) is 37.5. The van der Waals surface area contributed by atoms with Crippen LogP contribution < -0.4 is 0 Å². The fraction of sp³-hybridized carbons (Fsp3) is 0. The first-order chi connectivity index (χ1) is 28.2. The van der Waals surface area contributed by atoms with Crippen molar-refractivity contribution in [3.63, 3.8) is 0 Å². The molecule has 0 radical (unpaired) electrons. The lowest BCUT2D eigenvalue weighted by molar-refractivity contribution is 0.667. The van der Waals surface area contributed by atoms with Gasteiger partial charge in [-0.2, -0.15) is 0 Å². The van der Waals surface area contributed by atoms with Crippen LogP contribution in [0.3, 0.4) is 0 Å². The van der Waals surface area contributed by atoms with Crippen molar-refractivity contribution in [1.29, 1.82) is 0 Å². The average molecular weight is 750 g/mol. The maximum Gasteiger partial charge on any atom is 0.180 e. The molecule has 0 aliphatic heterocycles. The van der Waals surface area contributed by atoms with Crippen LogP contribution in [0.25, 0.3) is 121 Å². The summed E-state index contributed by atoms with van der Waals surface area (Å²) in [7, 11) is 0. The Kier molecular flexibility index (Phi) is 6.96. The van der Waals surface area contributed by atoms with Gasteiger partial charge in [-0.3, -0.25) is 0 Å². The molecule has 0 spiro atoms. The van der Waals surface area contributed by atoms with E-state index in [1.54, 1.807) is 11.3 Å². The fourth-order valence-electron chi connectivity index (χ4n) is 7.92. The number of benzene rings is 7. The van der Waals surface area contributed by atoms with Crippen LogP contribution >= 0.6 is 11.3 Å². The van der Waals surface area contributed by atoms with Crippen molar-refractivity contribution in [2.75, 3.05) is 0 Å². The highest BCUT2D eigenvalue weighted by atomic mass is 32.1. The van der Waals surface area contributed by atoms with Gasteiger partial charge < -0.3 is 8.83 Å². The van der Waals surface area contributed by atoms with Gasteiger partial charge in [0.2, 0.25) is 0 Å². The van der Waals surface area contributed by atoms with E-state index in [1.807, 2.05) is 97.1 Å². The van der Waals surface area contributed by atoms with Crippen LogP contribution in [0.4, 0.5) is 0 Å². The molecule has 0 unspecified atom stereocenters. The third kappa shape index (κ3) is 5.08. The lowest BCUT2D eigenvalue weighted by Gasteiger charge is -2.10. The highest BCUT2D eigenvalue weighted by Gasteiger charge is 2.22. The minimum Gasteiger partial charge on any atom is -0.455 e. The first-order valence-electron chi connectivity index (χ1n) is 18.7. The minimum absolute atomic E-state index is 0.552. The van der Waals surface area contributed by atoms with Crippen LogP contribution in [0.15, 0.2) is 173 Å². The number of hydrogen-bond acceptors (Lipinski definition) is 8. The molecule has 7 nitrogen and oxygen atoms in total. The zero-order valence-electron chi connectivity index (χ0n) is 30.0. The summed E-state index contributed by atoms with van der Waals surface area (Å²) in [6.45, 7) is 0. The monoisotopic (exact) mass is 749 g/mol. The van der Waals surface area contributed by atoms with Crippen LogP contribution in [0.1, 0.15) is 0 Å². The summed E-state index contributed by atoms with van der Waals surface area (Å²) in [5.74, 6) is 2.38. The number of fused-ring (bicyclic) bond motifs is 9. The summed E-state index contributed by atoms with van der Waals surface area (Å²) >= 11 is 1.73. The summed E-state index contributed by atoms with van der Waals surface area (Å²) in [6.07, 6.45) is 0. The van der Waals surface area contributed by atoms with Gasteiger partial charge >= 0.3 is 0 Å². The van der Waals surface area contributed by atoms with Gasteiger partial charge in [0.15, 0.2) is 28.9 Å². The van der Waals surface area contributed by atoms with Gasteiger partial charge in [-0.05, 0) is 36.4 Å². The molecular formula is C49H27N5O2S. The van der Waals surface area contributed by atoms with Crippen LogP contribution in [0.2, 0.25) is 0 Å². The molecule has 57 heavy (non-hydrogen) atoms. The van der Waals surface area contributed by atoms with Crippen molar-refractivity contribution in [1.82, 2.24) is 24.9 Å². The molecule has 0 N–H and O–H groups in total. The first-order valence-corrected chi connectivity index (χ1v) is 19.5. The van der Waals surface area contributed by atoms with Gasteiger partial charge in [0.05, 0.1) is 5.56 Å². The maximum absolute atomic E-state index is 6.45. The smallest absolute Gasteiger partial charge is 0.180 e. The van der Waals surface area contributed by atoms with E-state index in [1.165, 1.54) is 0 Å². The molecule has 0 saturated carbocycles. The van der Waals surface area contributed by atoms with Crippen molar-refractivity contribution in [3.8, 4) is 56.8 Å². The molecule has 0 aliphatic rings. The van der Waals surface area contributed by atoms with Crippen molar-refractivity contribution in [2.45, 2.75) is 0 Å². The first kappa shape index (κ1) is 31.8. The van der Waals surface area contributed by atoms with Crippen LogP contribution in [0.5, 0.6) is 0 Å². The highest BCUT2D eigenvalue weighted by molar-refractivity contribution is 7.26. The van der Waals surface area contributed by atoms with Gasteiger partial charge in [-0.25, -0.2) is 24.9 Å². The standard InChI is InChI=1S/C49H27N5O2S/c1-3-13-28(14-4-1)42-45-43(33-18-8-10-23-38(33)56-45)51-47(50-42)30-25-26-34-40(27-30)57-39-24-12-20-35(41(34)39)48-52-46(29-15-5-2-6-16-29)53-49(54-48)36-21-11-19-32-31-17-7-9-22-37(31)55-44(32)36/h1-27H. The fourth-order valence-corrected chi connectivity index (χ4v) is 9.09. The van der Waals surface area contributed by atoms with Gasteiger partial charge in [-0.1, -0.05) is 127 Å². The molecule has 0 atom stereocenters. The van der Waals surface area contributed by atoms with E-state index in [0.29, 0.717) is 28.9 Å². The average Bonchev–Trinajstić information content (AvgIpc) is 3.97. The summed E-state index contributed by atoms with van der Waals surface area (Å²) in [4.78, 5) is 25.7. The number of rotatable bonds is 5. The molecule has 0 saturated heterocycles. The van der Waals surface area contributed by atoms with E-state index in [0.717, 1.165) is 92.1 Å². The molecule has 0 fully saturated rings. The molecule has 8 heteroatoms. The van der Waals surface area contributed by atoms with E-state index in [-0.39, 0.29) is 0 Å². The second kappa shape index (κ2) is 12.5. The van der Waals surface area contributed by atoms with E-state index < -0.39 is 0 Å².